The fourth-order valence-corrected chi connectivity index (χ4v) is 2.07. The fraction of sp³-hybridized carbons (Fsp3) is 0.0588. The van der Waals surface area contributed by atoms with Crippen LogP contribution in [0, 0.1) is 5.82 Å². The first-order valence-electron chi connectivity index (χ1n) is 6.95. The second kappa shape index (κ2) is 6.31. The third kappa shape index (κ3) is 3.21. The van der Waals surface area contributed by atoms with Crippen molar-refractivity contribution in [3.8, 4) is 11.4 Å². The molecule has 116 valence electrons. The van der Waals surface area contributed by atoms with Crippen LogP contribution in [-0.2, 0) is 0 Å². The Balaban J connectivity index is 1.80. The van der Waals surface area contributed by atoms with E-state index in [0.717, 1.165) is 0 Å². The number of carbonyl (C=O) groups excluding carboxylic acids is 1. The number of para-hydroxylation sites is 1. The number of aromatic nitrogens is 2. The first-order valence-corrected chi connectivity index (χ1v) is 6.95. The van der Waals surface area contributed by atoms with E-state index in [1.165, 1.54) is 34.2 Å². The van der Waals surface area contributed by atoms with E-state index in [-0.39, 0.29) is 5.82 Å². The Morgan fingerprint density at radius 2 is 1.83 bits per heavy atom. The highest BCUT2D eigenvalue weighted by molar-refractivity contribution is 5.87. The Bertz CT molecular complexity index is 800. The molecule has 0 aliphatic carbocycles. The van der Waals surface area contributed by atoms with Crippen LogP contribution < -0.4 is 9.74 Å². The minimum Gasteiger partial charge on any atom is -0.315 e. The molecule has 0 saturated carbocycles. The van der Waals surface area contributed by atoms with Crippen LogP contribution in [0.25, 0.3) is 11.4 Å². The highest BCUT2D eigenvalue weighted by atomic mass is 19.1. The van der Waals surface area contributed by atoms with Gasteiger partial charge in [0.2, 0.25) is 0 Å². The summed E-state index contributed by atoms with van der Waals surface area (Å²) in [6, 6.07) is 14.9. The Morgan fingerprint density at radius 3 is 2.52 bits per heavy atom. The van der Waals surface area contributed by atoms with Crippen molar-refractivity contribution in [3.05, 3.63) is 72.8 Å². The van der Waals surface area contributed by atoms with Gasteiger partial charge in [0, 0.05) is 24.5 Å². The maximum Gasteiger partial charge on any atom is 0.438 e. The molecule has 2 aromatic carbocycles. The third-order valence-corrected chi connectivity index (χ3v) is 3.30. The Kier molecular flexibility index (Phi) is 4.05. The molecule has 0 aliphatic heterocycles. The van der Waals surface area contributed by atoms with Gasteiger partial charge < -0.3 is 4.84 Å². The van der Waals surface area contributed by atoms with Gasteiger partial charge in [-0.15, -0.1) is 0 Å². The molecule has 23 heavy (non-hydrogen) atoms. The normalized spacial score (nSPS) is 10.3. The molecule has 0 N–H and O–H groups in total. The second-order valence-electron chi connectivity index (χ2n) is 4.84. The monoisotopic (exact) mass is 311 g/mol. The van der Waals surface area contributed by atoms with Gasteiger partial charge in [-0.1, -0.05) is 18.2 Å². The summed E-state index contributed by atoms with van der Waals surface area (Å²) in [7, 11) is 1.62. The first kappa shape index (κ1) is 14.8. The van der Waals surface area contributed by atoms with E-state index in [1.807, 2.05) is 18.2 Å². The molecule has 0 saturated heterocycles. The fourth-order valence-electron chi connectivity index (χ4n) is 2.07. The molecule has 0 fully saturated rings. The van der Waals surface area contributed by atoms with E-state index in [9.17, 15) is 9.18 Å². The standard InChI is InChI=1S/C17H14FN3O2/c1-20(15-5-3-2-4-6-15)17(22)23-21-12-11-19-16(21)13-7-9-14(18)10-8-13/h2-12H,1H3. The molecule has 0 unspecified atom stereocenters. The summed E-state index contributed by atoms with van der Waals surface area (Å²) in [5.41, 5.74) is 1.35. The van der Waals surface area contributed by atoms with Crippen LogP contribution in [0.1, 0.15) is 0 Å². The van der Waals surface area contributed by atoms with Gasteiger partial charge in [0.15, 0.2) is 5.82 Å². The molecule has 1 heterocycles. The molecule has 5 nitrogen and oxygen atoms in total. The van der Waals surface area contributed by atoms with Crippen molar-refractivity contribution in [2.24, 2.45) is 0 Å². The van der Waals surface area contributed by atoms with Crippen molar-refractivity contribution in [1.82, 2.24) is 9.71 Å². The van der Waals surface area contributed by atoms with E-state index in [1.54, 1.807) is 31.3 Å². The lowest BCUT2D eigenvalue weighted by Crippen LogP contribution is -2.34. The van der Waals surface area contributed by atoms with Gasteiger partial charge in [0.05, 0.1) is 6.20 Å². The van der Waals surface area contributed by atoms with E-state index < -0.39 is 6.09 Å². The predicted molar refractivity (Wildman–Crippen MR) is 84.4 cm³/mol. The zero-order chi connectivity index (χ0) is 16.2. The minimum atomic E-state index is -0.558. The summed E-state index contributed by atoms with van der Waals surface area (Å²) >= 11 is 0. The number of amides is 1. The Labute approximate surface area is 132 Å². The summed E-state index contributed by atoms with van der Waals surface area (Å²) in [5.74, 6) is 0.0764. The molecular formula is C17H14FN3O2. The summed E-state index contributed by atoms with van der Waals surface area (Å²) in [4.78, 5) is 23.1. The van der Waals surface area contributed by atoms with Crippen molar-refractivity contribution < 1.29 is 14.0 Å². The number of hydrogen-bond donors (Lipinski definition) is 0. The van der Waals surface area contributed by atoms with Crippen LogP contribution in [0.5, 0.6) is 0 Å². The molecule has 1 amide bonds. The zero-order valence-corrected chi connectivity index (χ0v) is 12.4. The number of carbonyl (C=O) groups is 1. The van der Waals surface area contributed by atoms with E-state index >= 15 is 0 Å². The van der Waals surface area contributed by atoms with E-state index in [0.29, 0.717) is 17.1 Å². The molecule has 3 aromatic rings. The lowest BCUT2D eigenvalue weighted by atomic mass is 10.2. The van der Waals surface area contributed by atoms with E-state index in [2.05, 4.69) is 4.98 Å². The van der Waals surface area contributed by atoms with Crippen LogP contribution >= 0.6 is 0 Å². The average molecular weight is 311 g/mol. The van der Waals surface area contributed by atoms with Crippen molar-refractivity contribution in [2.75, 3.05) is 11.9 Å². The van der Waals surface area contributed by atoms with Gasteiger partial charge in [-0.25, -0.2) is 14.2 Å². The maximum absolute atomic E-state index is 13.0. The predicted octanol–water partition coefficient (Wildman–Crippen LogP) is 3.37. The van der Waals surface area contributed by atoms with Crippen LogP contribution in [0.4, 0.5) is 14.9 Å². The molecular weight excluding hydrogens is 297 g/mol. The van der Waals surface area contributed by atoms with Crippen LogP contribution in [-0.4, -0.2) is 22.9 Å². The number of imidazole rings is 1. The van der Waals surface area contributed by atoms with Crippen LogP contribution in [0.2, 0.25) is 0 Å². The van der Waals surface area contributed by atoms with Crippen molar-refractivity contribution >= 4 is 11.8 Å². The highest BCUT2D eigenvalue weighted by Crippen LogP contribution is 2.18. The van der Waals surface area contributed by atoms with Gasteiger partial charge in [0.25, 0.3) is 0 Å². The summed E-state index contributed by atoms with van der Waals surface area (Å²) in [6.45, 7) is 0. The molecule has 0 radical (unpaired) electrons. The molecule has 0 atom stereocenters. The Hall–Kier alpha value is -3.15. The number of halogens is 1. The van der Waals surface area contributed by atoms with Gasteiger partial charge in [-0.2, -0.15) is 4.73 Å². The summed E-state index contributed by atoms with van der Waals surface area (Å²) in [5, 5.41) is 0. The Morgan fingerprint density at radius 1 is 1.13 bits per heavy atom. The lowest BCUT2D eigenvalue weighted by molar-refractivity contribution is 0.143. The number of benzene rings is 2. The third-order valence-electron chi connectivity index (χ3n) is 3.30. The van der Waals surface area contributed by atoms with Gasteiger partial charge in [-0.05, 0) is 36.4 Å². The lowest BCUT2D eigenvalue weighted by Gasteiger charge is -2.17. The maximum atomic E-state index is 13.0. The first-order chi connectivity index (χ1) is 11.1. The van der Waals surface area contributed by atoms with E-state index in [4.69, 9.17) is 4.84 Å². The summed E-state index contributed by atoms with van der Waals surface area (Å²) in [6.07, 6.45) is 2.47. The van der Waals surface area contributed by atoms with Crippen molar-refractivity contribution in [1.29, 1.82) is 0 Å². The molecule has 0 spiro atoms. The highest BCUT2D eigenvalue weighted by Gasteiger charge is 2.16. The molecule has 1 aromatic heterocycles. The largest absolute Gasteiger partial charge is 0.438 e. The average Bonchev–Trinajstić information content (AvgIpc) is 3.03. The molecule has 0 aliphatic rings. The molecule has 0 bridgehead atoms. The smallest absolute Gasteiger partial charge is 0.315 e. The number of rotatable bonds is 3. The van der Waals surface area contributed by atoms with Crippen LogP contribution in [0.15, 0.2) is 67.0 Å². The topological polar surface area (TPSA) is 47.4 Å². The number of anilines is 1. The van der Waals surface area contributed by atoms with Crippen LogP contribution in [0.3, 0.4) is 0 Å². The van der Waals surface area contributed by atoms with Crippen molar-refractivity contribution in [3.63, 3.8) is 0 Å². The molecule has 6 heteroatoms. The van der Waals surface area contributed by atoms with Gasteiger partial charge in [-0.3, -0.25) is 4.90 Å². The van der Waals surface area contributed by atoms with Gasteiger partial charge in [0.1, 0.15) is 5.82 Å². The summed E-state index contributed by atoms with van der Waals surface area (Å²) < 4.78 is 14.3. The minimum absolute atomic E-state index is 0.340. The van der Waals surface area contributed by atoms with Crippen molar-refractivity contribution in [2.45, 2.75) is 0 Å². The van der Waals surface area contributed by atoms with Gasteiger partial charge >= 0.3 is 6.09 Å². The second-order valence-corrected chi connectivity index (χ2v) is 4.84. The number of hydrogen-bond acceptors (Lipinski definition) is 3. The molecule has 3 rings (SSSR count). The SMILES string of the molecule is CN(C(=O)On1ccnc1-c1ccc(F)cc1)c1ccccc1. The number of nitrogens with zero attached hydrogens (tertiary/aromatic N) is 3. The zero-order valence-electron chi connectivity index (χ0n) is 12.4. The quantitative estimate of drug-likeness (QED) is 0.745.